The smallest absolute Gasteiger partial charge is 0.104 e. The fourth-order valence-electron chi connectivity index (χ4n) is 1.60. The van der Waals surface area contributed by atoms with Crippen molar-refractivity contribution in [3.8, 4) is 0 Å². The van der Waals surface area contributed by atoms with Gasteiger partial charge in [0.05, 0.1) is 6.61 Å². The van der Waals surface area contributed by atoms with Crippen molar-refractivity contribution in [2.24, 2.45) is 5.90 Å². The molecule has 0 fully saturated rings. The van der Waals surface area contributed by atoms with Crippen LogP contribution in [0.3, 0.4) is 0 Å². The molecule has 0 saturated heterocycles. The van der Waals surface area contributed by atoms with E-state index in [0.29, 0.717) is 0 Å². The van der Waals surface area contributed by atoms with Crippen molar-refractivity contribution in [1.29, 1.82) is 0 Å². The Morgan fingerprint density at radius 3 is 2.60 bits per heavy atom. The van der Waals surface area contributed by atoms with Gasteiger partial charge in [0.25, 0.3) is 0 Å². The van der Waals surface area contributed by atoms with Gasteiger partial charge in [-0.15, -0.1) is 0 Å². The average Bonchev–Trinajstić information content (AvgIpc) is 2.29. The van der Waals surface area contributed by atoms with Gasteiger partial charge in [-0.05, 0) is 22.4 Å². The van der Waals surface area contributed by atoms with Gasteiger partial charge in [-0.3, -0.25) is 0 Å². The van der Waals surface area contributed by atoms with Crippen molar-refractivity contribution in [1.82, 2.24) is 0 Å². The van der Waals surface area contributed by atoms with E-state index < -0.39 is 6.10 Å². The first kappa shape index (κ1) is 10.1. The molecule has 0 unspecified atom stereocenters. The molecule has 0 bridgehead atoms. The SMILES string of the molecule is NOC[C@H](O)c1ccc2ccccc2c1. The summed E-state index contributed by atoms with van der Waals surface area (Å²) in [6.45, 7) is 0.109. The molecule has 0 aliphatic rings. The first-order valence-corrected chi connectivity index (χ1v) is 4.79. The number of aliphatic hydroxyl groups is 1. The monoisotopic (exact) mass is 203 g/mol. The number of aliphatic hydroxyl groups excluding tert-OH is 1. The lowest BCUT2D eigenvalue weighted by Gasteiger charge is -2.09. The Morgan fingerprint density at radius 1 is 1.13 bits per heavy atom. The molecule has 3 N–H and O–H groups in total. The lowest BCUT2D eigenvalue weighted by molar-refractivity contribution is 0.0359. The number of benzene rings is 2. The number of nitrogens with two attached hydrogens (primary N) is 1. The molecule has 0 spiro atoms. The minimum atomic E-state index is -0.667. The maximum absolute atomic E-state index is 9.67. The molecule has 3 nitrogen and oxygen atoms in total. The molecule has 0 aliphatic heterocycles. The second-order valence-electron chi connectivity index (χ2n) is 3.46. The molecule has 2 aromatic carbocycles. The fraction of sp³-hybridized carbons (Fsp3) is 0.167. The van der Waals surface area contributed by atoms with Crippen LogP contribution >= 0.6 is 0 Å². The molecule has 3 heteroatoms. The van der Waals surface area contributed by atoms with Gasteiger partial charge in [0, 0.05) is 0 Å². The largest absolute Gasteiger partial charge is 0.386 e. The molecule has 0 radical (unpaired) electrons. The predicted molar refractivity (Wildman–Crippen MR) is 59.0 cm³/mol. The predicted octanol–water partition coefficient (Wildman–Crippen LogP) is 1.76. The summed E-state index contributed by atoms with van der Waals surface area (Å²) in [4.78, 5) is 4.42. The minimum Gasteiger partial charge on any atom is -0.386 e. The quantitative estimate of drug-likeness (QED) is 0.747. The van der Waals surface area contributed by atoms with Crippen molar-refractivity contribution in [2.75, 3.05) is 6.61 Å². The van der Waals surface area contributed by atoms with Crippen molar-refractivity contribution < 1.29 is 9.94 Å². The van der Waals surface area contributed by atoms with E-state index >= 15 is 0 Å². The summed E-state index contributed by atoms with van der Waals surface area (Å²) in [7, 11) is 0. The van der Waals surface area contributed by atoms with Crippen molar-refractivity contribution in [3.05, 3.63) is 48.0 Å². The van der Waals surface area contributed by atoms with Crippen LogP contribution in [0.25, 0.3) is 10.8 Å². The summed E-state index contributed by atoms with van der Waals surface area (Å²) >= 11 is 0. The van der Waals surface area contributed by atoms with Crippen LogP contribution in [0.5, 0.6) is 0 Å². The zero-order valence-electron chi connectivity index (χ0n) is 8.26. The molecule has 1 atom stereocenters. The Bertz CT molecular complexity index is 456. The zero-order chi connectivity index (χ0) is 10.7. The molecular formula is C12H13NO2. The fourth-order valence-corrected chi connectivity index (χ4v) is 1.60. The van der Waals surface area contributed by atoms with Crippen LogP contribution < -0.4 is 5.90 Å². The molecular weight excluding hydrogens is 190 g/mol. The van der Waals surface area contributed by atoms with Crippen LogP contribution in [0.4, 0.5) is 0 Å². The summed E-state index contributed by atoms with van der Waals surface area (Å²) in [5.41, 5.74) is 0.819. The molecule has 2 aromatic rings. The van der Waals surface area contributed by atoms with E-state index in [2.05, 4.69) is 4.84 Å². The highest BCUT2D eigenvalue weighted by Crippen LogP contribution is 2.20. The van der Waals surface area contributed by atoms with E-state index in [0.717, 1.165) is 16.3 Å². The molecule has 0 aliphatic carbocycles. The van der Waals surface area contributed by atoms with Crippen LogP contribution in [-0.2, 0) is 4.84 Å². The van der Waals surface area contributed by atoms with E-state index in [9.17, 15) is 5.11 Å². The molecule has 2 rings (SSSR count). The highest BCUT2D eigenvalue weighted by atomic mass is 16.6. The maximum Gasteiger partial charge on any atom is 0.104 e. The third kappa shape index (κ3) is 2.15. The lowest BCUT2D eigenvalue weighted by atomic mass is 10.0. The van der Waals surface area contributed by atoms with Crippen molar-refractivity contribution >= 4 is 10.8 Å². The molecule has 0 saturated carbocycles. The number of hydrogen-bond donors (Lipinski definition) is 2. The van der Waals surface area contributed by atoms with Crippen molar-refractivity contribution in [2.45, 2.75) is 6.10 Å². The van der Waals surface area contributed by atoms with Crippen molar-refractivity contribution in [3.63, 3.8) is 0 Å². The third-order valence-electron chi connectivity index (χ3n) is 2.41. The molecule has 0 amide bonds. The first-order chi connectivity index (χ1) is 7.31. The summed E-state index contributed by atoms with van der Waals surface area (Å²) in [5, 5.41) is 11.9. The van der Waals surface area contributed by atoms with Crippen LogP contribution in [0.1, 0.15) is 11.7 Å². The van der Waals surface area contributed by atoms with Crippen LogP contribution in [0, 0.1) is 0 Å². The van der Waals surface area contributed by atoms with Gasteiger partial charge >= 0.3 is 0 Å². The van der Waals surface area contributed by atoms with Crippen LogP contribution in [0.15, 0.2) is 42.5 Å². The zero-order valence-corrected chi connectivity index (χ0v) is 8.26. The van der Waals surface area contributed by atoms with Gasteiger partial charge in [-0.2, -0.15) is 0 Å². The maximum atomic E-state index is 9.67. The number of hydrogen-bond acceptors (Lipinski definition) is 3. The van der Waals surface area contributed by atoms with E-state index in [4.69, 9.17) is 5.90 Å². The van der Waals surface area contributed by atoms with E-state index in [1.165, 1.54) is 0 Å². The normalized spacial score (nSPS) is 12.9. The Balaban J connectivity index is 2.38. The topological polar surface area (TPSA) is 55.5 Å². The molecule has 78 valence electrons. The van der Waals surface area contributed by atoms with Gasteiger partial charge in [0.2, 0.25) is 0 Å². The lowest BCUT2D eigenvalue weighted by Crippen LogP contribution is -2.10. The van der Waals surface area contributed by atoms with Gasteiger partial charge in [0.15, 0.2) is 0 Å². The summed E-state index contributed by atoms with van der Waals surface area (Å²) in [6, 6.07) is 13.8. The van der Waals surface area contributed by atoms with Gasteiger partial charge in [-0.25, -0.2) is 5.90 Å². The molecule has 0 heterocycles. The first-order valence-electron chi connectivity index (χ1n) is 4.79. The van der Waals surface area contributed by atoms with Gasteiger partial charge in [0.1, 0.15) is 6.10 Å². The minimum absolute atomic E-state index is 0.109. The van der Waals surface area contributed by atoms with E-state index in [-0.39, 0.29) is 6.61 Å². The van der Waals surface area contributed by atoms with E-state index in [1.807, 2.05) is 42.5 Å². The second-order valence-corrected chi connectivity index (χ2v) is 3.46. The Kier molecular flexibility index (Phi) is 2.97. The summed E-state index contributed by atoms with van der Waals surface area (Å²) < 4.78 is 0. The Morgan fingerprint density at radius 2 is 1.87 bits per heavy atom. The third-order valence-corrected chi connectivity index (χ3v) is 2.41. The van der Waals surface area contributed by atoms with E-state index in [1.54, 1.807) is 0 Å². The number of rotatable bonds is 3. The number of fused-ring (bicyclic) bond motifs is 1. The van der Waals surface area contributed by atoms with Gasteiger partial charge < -0.3 is 9.94 Å². The summed E-state index contributed by atoms with van der Waals surface area (Å²) in [5.74, 6) is 4.92. The molecule has 0 aromatic heterocycles. The Hall–Kier alpha value is -1.42. The average molecular weight is 203 g/mol. The highest BCUT2D eigenvalue weighted by Gasteiger charge is 2.07. The standard InChI is InChI=1S/C12H13NO2/c13-15-8-12(14)11-6-5-9-3-1-2-4-10(9)7-11/h1-7,12,14H,8,13H2/t12-/m0/s1. The van der Waals surface area contributed by atoms with Crippen LogP contribution in [0.2, 0.25) is 0 Å². The highest BCUT2D eigenvalue weighted by molar-refractivity contribution is 5.83. The van der Waals surface area contributed by atoms with Crippen LogP contribution in [-0.4, -0.2) is 11.7 Å². The Labute approximate surface area is 88.0 Å². The second kappa shape index (κ2) is 4.40. The summed E-state index contributed by atoms with van der Waals surface area (Å²) in [6.07, 6.45) is -0.667. The van der Waals surface area contributed by atoms with Gasteiger partial charge in [-0.1, -0.05) is 36.4 Å². The molecule has 15 heavy (non-hydrogen) atoms.